The van der Waals surface area contributed by atoms with E-state index in [1.54, 1.807) is 25.7 Å². The summed E-state index contributed by atoms with van der Waals surface area (Å²) in [7, 11) is 0. The number of hydrogen-bond donors (Lipinski definition) is 0. The molecule has 232 valence electrons. The van der Waals surface area contributed by atoms with Crippen LogP contribution in [0.1, 0.15) is 72.5 Å². The Morgan fingerprint density at radius 2 is 1.86 bits per heavy atom. The highest BCUT2D eigenvalue weighted by molar-refractivity contribution is 9.11. The molecule has 0 bridgehead atoms. The van der Waals surface area contributed by atoms with Gasteiger partial charge in [-0.25, -0.2) is 14.5 Å². The van der Waals surface area contributed by atoms with Gasteiger partial charge in [0.25, 0.3) is 5.91 Å². The average Bonchev–Trinajstić information content (AvgIpc) is 3.25. The maximum absolute atomic E-state index is 14.1. The second-order valence-electron chi connectivity index (χ2n) is 12.2. The number of esters is 1. The standard InChI is InChI=1S/C31H43BrN2O7S/c1-19(18-40-24-14-10-11-15-38-24)17-39-23(22-12-8-7-9-13-22)16-33-28-25(20(2)26(32)42-28)27(35)34(30(33)37)21(3)29(36)41-31(4,5)6/h7-9,12-13,19,21,23-24,26,28H,10-11,14-18H2,1-6H3/t19?,21?,23-,24?,26?,28?/m0/s1. The number of benzene rings is 1. The van der Waals surface area contributed by atoms with E-state index in [9.17, 15) is 14.4 Å². The van der Waals surface area contributed by atoms with Gasteiger partial charge < -0.3 is 23.8 Å². The quantitative estimate of drug-likeness (QED) is 0.209. The molecular formula is C31H43BrN2O7S. The number of nitrogens with zero attached hydrogens (tertiary/aromatic N) is 2. The highest BCUT2D eigenvalue weighted by Crippen LogP contribution is 2.47. The predicted octanol–water partition coefficient (Wildman–Crippen LogP) is 6.03. The number of hydrogen-bond acceptors (Lipinski definition) is 8. The molecule has 0 radical (unpaired) electrons. The van der Waals surface area contributed by atoms with Gasteiger partial charge in [0.2, 0.25) is 0 Å². The van der Waals surface area contributed by atoms with Gasteiger partial charge in [-0.05, 0) is 65.0 Å². The number of carbonyl (C=O) groups excluding carboxylic acids is 3. The van der Waals surface area contributed by atoms with E-state index >= 15 is 0 Å². The number of thioether (sulfide) groups is 1. The molecule has 9 nitrogen and oxygen atoms in total. The molecule has 1 aromatic carbocycles. The number of rotatable bonds is 11. The minimum absolute atomic E-state index is 0.0922. The molecule has 2 fully saturated rings. The van der Waals surface area contributed by atoms with Gasteiger partial charge in [0.1, 0.15) is 23.1 Å². The molecule has 42 heavy (non-hydrogen) atoms. The zero-order valence-corrected chi connectivity index (χ0v) is 27.7. The lowest BCUT2D eigenvalue weighted by Gasteiger charge is -2.42. The molecule has 3 amide bonds. The molecule has 6 atom stereocenters. The van der Waals surface area contributed by atoms with Crippen LogP contribution in [0.25, 0.3) is 0 Å². The number of imide groups is 1. The molecule has 3 aliphatic heterocycles. The zero-order chi connectivity index (χ0) is 30.6. The molecule has 0 aromatic heterocycles. The van der Waals surface area contributed by atoms with Crippen molar-refractivity contribution in [3.63, 3.8) is 0 Å². The number of ether oxygens (including phenoxy) is 4. The summed E-state index contributed by atoms with van der Waals surface area (Å²) in [5, 5.41) is -0.504. The van der Waals surface area contributed by atoms with Gasteiger partial charge in [-0.1, -0.05) is 53.2 Å². The van der Waals surface area contributed by atoms with E-state index in [4.69, 9.17) is 18.9 Å². The van der Waals surface area contributed by atoms with Crippen molar-refractivity contribution >= 4 is 45.6 Å². The first-order valence-electron chi connectivity index (χ1n) is 14.6. The highest BCUT2D eigenvalue weighted by atomic mass is 79.9. The van der Waals surface area contributed by atoms with Gasteiger partial charge in [0.15, 0.2) is 6.29 Å². The lowest BCUT2D eigenvalue weighted by molar-refractivity contribution is -0.171. The van der Waals surface area contributed by atoms with E-state index in [0.29, 0.717) is 18.8 Å². The summed E-state index contributed by atoms with van der Waals surface area (Å²) in [6, 6.07) is 8.12. The SMILES string of the molecule is CC1=C2C(=O)N(C(C)C(=O)OC(C)(C)C)C(=O)N(C[C@H](OCC(C)COC3CCCCO3)c3ccccc3)C2SC1Br. The van der Waals surface area contributed by atoms with Gasteiger partial charge in [0.05, 0.1) is 29.5 Å². The molecule has 0 aliphatic carbocycles. The Morgan fingerprint density at radius 1 is 1.14 bits per heavy atom. The fourth-order valence-corrected chi connectivity index (χ4v) is 7.27. The van der Waals surface area contributed by atoms with Crippen molar-refractivity contribution in [2.24, 2.45) is 5.92 Å². The van der Waals surface area contributed by atoms with Gasteiger partial charge in [-0.3, -0.25) is 4.79 Å². The smallest absolute Gasteiger partial charge is 0.329 e. The van der Waals surface area contributed by atoms with Crippen LogP contribution >= 0.6 is 27.7 Å². The van der Waals surface area contributed by atoms with Crippen LogP contribution in [0.15, 0.2) is 41.5 Å². The Labute approximate surface area is 261 Å². The number of halogens is 1. The molecule has 5 unspecified atom stereocenters. The van der Waals surface area contributed by atoms with Gasteiger partial charge in [-0.15, -0.1) is 11.8 Å². The summed E-state index contributed by atoms with van der Waals surface area (Å²) in [5.74, 6) is -0.998. The summed E-state index contributed by atoms with van der Waals surface area (Å²) >= 11 is 5.14. The topological polar surface area (TPSA) is 94.6 Å². The van der Waals surface area contributed by atoms with Crippen molar-refractivity contribution in [1.82, 2.24) is 9.80 Å². The van der Waals surface area contributed by atoms with Crippen molar-refractivity contribution in [3.05, 3.63) is 47.0 Å². The lowest BCUT2D eigenvalue weighted by Crippen LogP contribution is -2.61. The van der Waals surface area contributed by atoms with Crippen molar-refractivity contribution in [2.45, 2.75) is 94.4 Å². The third-order valence-electron chi connectivity index (χ3n) is 7.40. The molecule has 3 aliphatic rings. The van der Waals surface area contributed by atoms with E-state index in [1.807, 2.05) is 37.3 Å². The van der Waals surface area contributed by atoms with Crippen LogP contribution < -0.4 is 0 Å². The van der Waals surface area contributed by atoms with E-state index in [0.717, 1.165) is 41.9 Å². The van der Waals surface area contributed by atoms with E-state index < -0.39 is 41.0 Å². The second-order valence-corrected chi connectivity index (χ2v) is 14.9. The molecule has 1 aromatic rings. The molecule has 2 saturated heterocycles. The predicted molar refractivity (Wildman–Crippen MR) is 165 cm³/mol. The second kappa shape index (κ2) is 14.2. The molecule has 4 rings (SSSR count). The monoisotopic (exact) mass is 666 g/mol. The Bertz CT molecular complexity index is 1150. The minimum Gasteiger partial charge on any atom is -0.458 e. The van der Waals surface area contributed by atoms with E-state index in [1.165, 1.54) is 18.7 Å². The van der Waals surface area contributed by atoms with Crippen LogP contribution in [0, 0.1) is 5.92 Å². The van der Waals surface area contributed by atoms with Crippen LogP contribution in [0.2, 0.25) is 0 Å². The summed E-state index contributed by atoms with van der Waals surface area (Å²) < 4.78 is 23.5. The summed E-state index contributed by atoms with van der Waals surface area (Å²) in [5.41, 5.74) is 1.50. The van der Waals surface area contributed by atoms with Crippen molar-refractivity contribution in [2.75, 3.05) is 26.4 Å². The fraction of sp³-hybridized carbons (Fsp3) is 0.645. The van der Waals surface area contributed by atoms with E-state index in [-0.39, 0.29) is 22.9 Å². The molecule has 3 heterocycles. The van der Waals surface area contributed by atoms with Crippen LogP contribution in [0.5, 0.6) is 0 Å². The first-order valence-corrected chi connectivity index (χ1v) is 16.5. The van der Waals surface area contributed by atoms with Crippen LogP contribution in [0.3, 0.4) is 0 Å². The number of fused-ring (bicyclic) bond motifs is 1. The molecule has 0 N–H and O–H groups in total. The average molecular weight is 668 g/mol. The molecule has 0 spiro atoms. The number of carbonyl (C=O) groups is 3. The van der Waals surface area contributed by atoms with Gasteiger partial charge in [-0.2, -0.15) is 0 Å². The summed E-state index contributed by atoms with van der Waals surface area (Å²) in [6.45, 7) is 12.6. The lowest BCUT2D eigenvalue weighted by atomic mass is 10.0. The van der Waals surface area contributed by atoms with Crippen LogP contribution in [-0.2, 0) is 28.5 Å². The normalized spacial score (nSPS) is 25.4. The van der Waals surface area contributed by atoms with Gasteiger partial charge >= 0.3 is 12.0 Å². The Kier molecular flexibility index (Phi) is 11.2. The van der Waals surface area contributed by atoms with Crippen LogP contribution in [-0.4, -0.2) is 81.5 Å². The Morgan fingerprint density at radius 3 is 2.50 bits per heavy atom. The zero-order valence-electron chi connectivity index (χ0n) is 25.3. The molecular weight excluding hydrogens is 624 g/mol. The Balaban J connectivity index is 1.55. The maximum Gasteiger partial charge on any atom is 0.329 e. The minimum atomic E-state index is -1.09. The van der Waals surface area contributed by atoms with Crippen molar-refractivity contribution in [1.29, 1.82) is 0 Å². The van der Waals surface area contributed by atoms with Gasteiger partial charge in [0, 0.05) is 12.5 Å². The first kappa shape index (κ1) is 33.0. The number of urea groups is 1. The van der Waals surface area contributed by atoms with Crippen molar-refractivity contribution in [3.8, 4) is 0 Å². The summed E-state index contributed by atoms with van der Waals surface area (Å²) in [4.78, 5) is 43.5. The largest absolute Gasteiger partial charge is 0.458 e. The summed E-state index contributed by atoms with van der Waals surface area (Å²) in [6.07, 6.45) is 2.44. The molecule has 0 saturated carbocycles. The van der Waals surface area contributed by atoms with E-state index in [2.05, 4.69) is 22.9 Å². The first-order chi connectivity index (χ1) is 19.9. The number of amides is 3. The Hall–Kier alpha value is -1.92. The fourth-order valence-electron chi connectivity index (χ4n) is 5.11. The van der Waals surface area contributed by atoms with Crippen LogP contribution in [0.4, 0.5) is 4.79 Å². The molecule has 11 heteroatoms. The highest BCUT2D eigenvalue weighted by Gasteiger charge is 2.51. The number of alkyl halides is 1. The van der Waals surface area contributed by atoms with Crippen molar-refractivity contribution < 1.29 is 33.3 Å². The maximum atomic E-state index is 14.1. The third kappa shape index (κ3) is 7.96. The third-order valence-corrected chi connectivity index (χ3v) is 10.1.